The fourth-order valence-corrected chi connectivity index (χ4v) is 2.69. The molecule has 1 nitrogen and oxygen atoms in total. The van der Waals surface area contributed by atoms with E-state index in [1.165, 1.54) is 6.42 Å². The van der Waals surface area contributed by atoms with Gasteiger partial charge in [0.1, 0.15) is 5.78 Å². The highest BCUT2D eigenvalue weighted by Crippen LogP contribution is 2.34. The van der Waals surface area contributed by atoms with Crippen molar-refractivity contribution in [2.75, 3.05) is 0 Å². The van der Waals surface area contributed by atoms with Crippen LogP contribution in [0.15, 0.2) is 0 Å². The molecular weight excluding hydrogens is 148 g/mol. The lowest BCUT2D eigenvalue weighted by Gasteiger charge is -2.33. The van der Waals surface area contributed by atoms with E-state index in [0.29, 0.717) is 29.5 Å². The van der Waals surface area contributed by atoms with Gasteiger partial charge in [-0.05, 0) is 24.2 Å². The summed E-state index contributed by atoms with van der Waals surface area (Å²) in [6.45, 7) is 8.73. The van der Waals surface area contributed by atoms with E-state index >= 15 is 0 Å². The van der Waals surface area contributed by atoms with Crippen LogP contribution in [-0.2, 0) is 4.79 Å². The normalized spacial score (nSPS) is 37.4. The van der Waals surface area contributed by atoms with Crippen LogP contribution < -0.4 is 0 Å². The summed E-state index contributed by atoms with van der Waals surface area (Å²) < 4.78 is 0. The van der Waals surface area contributed by atoms with Gasteiger partial charge in [0.25, 0.3) is 0 Å². The minimum atomic E-state index is 0.334. The molecule has 0 radical (unpaired) electrons. The van der Waals surface area contributed by atoms with Gasteiger partial charge in [0.05, 0.1) is 0 Å². The molecule has 0 N–H and O–H groups in total. The Morgan fingerprint density at radius 2 is 1.92 bits per heavy atom. The van der Waals surface area contributed by atoms with E-state index in [4.69, 9.17) is 0 Å². The maximum atomic E-state index is 11.7. The van der Waals surface area contributed by atoms with Gasteiger partial charge in [-0.15, -0.1) is 0 Å². The molecule has 0 aliphatic heterocycles. The molecule has 70 valence electrons. The number of rotatable bonds is 1. The summed E-state index contributed by atoms with van der Waals surface area (Å²) in [4.78, 5) is 11.7. The summed E-state index contributed by atoms with van der Waals surface area (Å²) in [5, 5.41) is 0. The third-order valence-corrected chi connectivity index (χ3v) is 3.03. The largest absolute Gasteiger partial charge is 0.299 e. The predicted octanol–water partition coefficient (Wildman–Crippen LogP) is 2.89. The van der Waals surface area contributed by atoms with Gasteiger partial charge in [-0.1, -0.05) is 27.7 Å². The van der Waals surface area contributed by atoms with Gasteiger partial charge in [0.15, 0.2) is 0 Å². The van der Waals surface area contributed by atoms with Crippen molar-refractivity contribution in [1.29, 1.82) is 0 Å². The first kappa shape index (κ1) is 9.76. The third kappa shape index (κ3) is 1.88. The average Bonchev–Trinajstić information content (AvgIpc) is 1.82. The van der Waals surface area contributed by atoms with Crippen molar-refractivity contribution in [2.45, 2.75) is 40.5 Å². The molecular formula is C11H20O. The van der Waals surface area contributed by atoms with Gasteiger partial charge >= 0.3 is 0 Å². The molecule has 0 aromatic carbocycles. The lowest BCUT2D eigenvalue weighted by molar-refractivity contribution is -0.129. The summed E-state index contributed by atoms with van der Waals surface area (Å²) in [6.07, 6.45) is 2.04. The van der Waals surface area contributed by atoms with Crippen molar-refractivity contribution in [3.05, 3.63) is 0 Å². The van der Waals surface area contributed by atoms with Crippen LogP contribution in [0.1, 0.15) is 40.5 Å². The minimum absolute atomic E-state index is 0.334. The number of hydrogen-bond acceptors (Lipinski definition) is 1. The number of carbonyl (C=O) groups is 1. The monoisotopic (exact) mass is 168 g/mol. The van der Waals surface area contributed by atoms with Gasteiger partial charge in [0.2, 0.25) is 0 Å². The molecule has 1 rings (SSSR count). The summed E-state index contributed by atoms with van der Waals surface area (Å²) in [5.41, 5.74) is 0. The Morgan fingerprint density at radius 1 is 1.33 bits per heavy atom. The van der Waals surface area contributed by atoms with Gasteiger partial charge in [0, 0.05) is 12.3 Å². The molecule has 1 heteroatoms. The van der Waals surface area contributed by atoms with E-state index in [0.717, 1.165) is 6.42 Å². The van der Waals surface area contributed by atoms with Crippen LogP contribution in [0.2, 0.25) is 0 Å². The Balaban J connectivity index is 2.67. The second kappa shape index (κ2) is 3.59. The Kier molecular flexibility index (Phi) is 2.92. The zero-order chi connectivity index (χ0) is 9.30. The zero-order valence-electron chi connectivity index (χ0n) is 8.63. The maximum Gasteiger partial charge on any atom is 0.136 e. The van der Waals surface area contributed by atoms with E-state index in [1.54, 1.807) is 0 Å². The Bertz CT molecular complexity index is 172. The van der Waals surface area contributed by atoms with Crippen LogP contribution in [-0.4, -0.2) is 5.78 Å². The molecule has 1 aliphatic carbocycles. The molecule has 1 aliphatic rings. The standard InChI is InChI=1S/C11H20O/c1-7(2)11-9(4)5-8(3)6-10(11)12/h7-9,11H,5-6H2,1-4H3/t8-,9-,11?/m1/s1. The smallest absolute Gasteiger partial charge is 0.136 e. The highest BCUT2D eigenvalue weighted by atomic mass is 16.1. The number of ketones is 1. The van der Waals surface area contributed by atoms with Crippen molar-refractivity contribution in [3.8, 4) is 0 Å². The quantitative estimate of drug-likeness (QED) is 0.588. The van der Waals surface area contributed by atoms with E-state index in [9.17, 15) is 4.79 Å². The zero-order valence-corrected chi connectivity index (χ0v) is 8.63. The van der Waals surface area contributed by atoms with E-state index in [1.807, 2.05) is 0 Å². The summed E-state index contributed by atoms with van der Waals surface area (Å²) in [7, 11) is 0. The van der Waals surface area contributed by atoms with Crippen molar-refractivity contribution < 1.29 is 4.79 Å². The molecule has 0 spiro atoms. The molecule has 0 aromatic heterocycles. The minimum Gasteiger partial charge on any atom is -0.299 e. The molecule has 0 saturated heterocycles. The van der Waals surface area contributed by atoms with E-state index < -0.39 is 0 Å². The first-order valence-electron chi connectivity index (χ1n) is 5.05. The van der Waals surface area contributed by atoms with Gasteiger partial charge in [-0.25, -0.2) is 0 Å². The summed E-state index contributed by atoms with van der Waals surface area (Å²) >= 11 is 0. The average molecular weight is 168 g/mol. The van der Waals surface area contributed by atoms with Crippen molar-refractivity contribution >= 4 is 5.78 Å². The molecule has 0 amide bonds. The van der Waals surface area contributed by atoms with Crippen LogP contribution in [0.4, 0.5) is 0 Å². The lowest BCUT2D eigenvalue weighted by atomic mass is 9.70. The van der Waals surface area contributed by atoms with E-state index in [2.05, 4.69) is 27.7 Å². The Hall–Kier alpha value is -0.330. The van der Waals surface area contributed by atoms with Crippen LogP contribution in [0.25, 0.3) is 0 Å². The second-order valence-electron chi connectivity index (χ2n) is 4.76. The molecule has 1 fully saturated rings. The van der Waals surface area contributed by atoms with Crippen molar-refractivity contribution in [3.63, 3.8) is 0 Å². The van der Waals surface area contributed by atoms with Crippen molar-refractivity contribution in [2.24, 2.45) is 23.7 Å². The third-order valence-electron chi connectivity index (χ3n) is 3.03. The van der Waals surface area contributed by atoms with Gasteiger partial charge < -0.3 is 0 Å². The SMILES string of the molecule is CC(C)C1C(=O)C[C@H](C)C[C@H]1C. The van der Waals surface area contributed by atoms with E-state index in [-0.39, 0.29) is 0 Å². The molecule has 12 heavy (non-hydrogen) atoms. The first-order chi connectivity index (χ1) is 5.52. The molecule has 3 atom stereocenters. The molecule has 1 saturated carbocycles. The number of hydrogen-bond donors (Lipinski definition) is 0. The maximum absolute atomic E-state index is 11.7. The predicted molar refractivity (Wildman–Crippen MR) is 50.9 cm³/mol. The summed E-state index contributed by atoms with van der Waals surface area (Å²) in [5.74, 6) is 2.57. The lowest BCUT2D eigenvalue weighted by Crippen LogP contribution is -2.34. The summed E-state index contributed by atoms with van der Waals surface area (Å²) in [6, 6.07) is 0. The van der Waals surface area contributed by atoms with Crippen LogP contribution in [0.3, 0.4) is 0 Å². The molecule has 0 bridgehead atoms. The second-order valence-corrected chi connectivity index (χ2v) is 4.76. The van der Waals surface area contributed by atoms with Crippen LogP contribution in [0.5, 0.6) is 0 Å². The van der Waals surface area contributed by atoms with Crippen LogP contribution in [0, 0.1) is 23.7 Å². The topological polar surface area (TPSA) is 17.1 Å². The van der Waals surface area contributed by atoms with Gasteiger partial charge in [-0.3, -0.25) is 4.79 Å². The highest BCUT2D eigenvalue weighted by molar-refractivity contribution is 5.82. The first-order valence-corrected chi connectivity index (χ1v) is 5.05. The molecule has 0 heterocycles. The van der Waals surface area contributed by atoms with Gasteiger partial charge in [-0.2, -0.15) is 0 Å². The molecule has 0 aromatic rings. The Labute approximate surface area is 75.5 Å². The number of Topliss-reactive ketones (excluding diaryl/α,β-unsaturated/α-hetero) is 1. The highest BCUT2D eigenvalue weighted by Gasteiger charge is 2.33. The van der Waals surface area contributed by atoms with Crippen molar-refractivity contribution in [1.82, 2.24) is 0 Å². The number of carbonyl (C=O) groups excluding carboxylic acids is 1. The van der Waals surface area contributed by atoms with Crippen LogP contribution >= 0.6 is 0 Å². The Morgan fingerprint density at radius 3 is 2.33 bits per heavy atom. The molecule has 1 unspecified atom stereocenters. The fraction of sp³-hybridized carbons (Fsp3) is 0.909. The fourth-order valence-electron chi connectivity index (χ4n) is 2.69.